The molecule has 3 heteroatoms. The van der Waals surface area contributed by atoms with Crippen LogP contribution in [-0.4, -0.2) is 17.1 Å². The topological polar surface area (TPSA) is 35.0 Å². The molecule has 1 aromatic rings. The Morgan fingerprint density at radius 2 is 2.18 bits per heavy atom. The zero-order valence-electron chi connectivity index (χ0n) is 7.09. The van der Waals surface area contributed by atoms with Gasteiger partial charge < -0.3 is 4.74 Å². The molecule has 0 unspecified atom stereocenters. The van der Waals surface area contributed by atoms with Crippen molar-refractivity contribution in [3.05, 3.63) is 17.5 Å². The zero-order chi connectivity index (χ0) is 8.27. The Kier molecular flexibility index (Phi) is 2.41. The summed E-state index contributed by atoms with van der Waals surface area (Å²) >= 11 is 0. The molecule has 1 heterocycles. The van der Waals surface area contributed by atoms with Crippen LogP contribution in [0, 0.1) is 6.92 Å². The summed E-state index contributed by atoms with van der Waals surface area (Å²) in [5, 5.41) is 0. The van der Waals surface area contributed by atoms with E-state index in [1.807, 2.05) is 13.0 Å². The molecule has 0 saturated carbocycles. The van der Waals surface area contributed by atoms with E-state index in [1.165, 1.54) is 0 Å². The number of nitrogens with zero attached hydrogens (tertiary/aromatic N) is 2. The Balaban J connectivity index is 3.02. The Morgan fingerprint density at radius 3 is 2.73 bits per heavy atom. The fraction of sp³-hybridized carbons (Fsp3) is 0.500. The lowest BCUT2D eigenvalue weighted by atomic mass is 10.3. The second-order valence-corrected chi connectivity index (χ2v) is 2.34. The molecule has 0 spiro atoms. The third-order valence-corrected chi connectivity index (χ3v) is 1.43. The molecule has 0 bridgehead atoms. The lowest BCUT2D eigenvalue weighted by molar-refractivity contribution is 0.377. The van der Waals surface area contributed by atoms with Crippen LogP contribution < -0.4 is 4.74 Å². The Hall–Kier alpha value is -1.12. The van der Waals surface area contributed by atoms with Crippen molar-refractivity contribution in [1.82, 2.24) is 9.97 Å². The van der Waals surface area contributed by atoms with Crippen molar-refractivity contribution in [3.8, 4) is 6.01 Å². The van der Waals surface area contributed by atoms with E-state index in [9.17, 15) is 0 Å². The maximum absolute atomic E-state index is 4.92. The lowest BCUT2D eigenvalue weighted by Crippen LogP contribution is -1.97. The summed E-state index contributed by atoms with van der Waals surface area (Å²) in [6.45, 7) is 3.99. The molecule has 0 atom stereocenters. The highest BCUT2D eigenvalue weighted by atomic mass is 16.5. The minimum absolute atomic E-state index is 0.460. The smallest absolute Gasteiger partial charge is 0.316 e. The molecule has 0 aliphatic carbocycles. The van der Waals surface area contributed by atoms with Gasteiger partial charge in [0.15, 0.2) is 0 Å². The minimum Gasteiger partial charge on any atom is -0.467 e. The van der Waals surface area contributed by atoms with Crippen LogP contribution in [0.1, 0.15) is 18.3 Å². The number of hydrogen-bond donors (Lipinski definition) is 0. The molecular weight excluding hydrogens is 140 g/mol. The molecule has 0 radical (unpaired) electrons. The van der Waals surface area contributed by atoms with Crippen LogP contribution in [0.15, 0.2) is 6.07 Å². The first-order valence-electron chi connectivity index (χ1n) is 3.64. The number of ether oxygens (including phenoxy) is 1. The van der Waals surface area contributed by atoms with Gasteiger partial charge in [0.2, 0.25) is 0 Å². The maximum atomic E-state index is 4.92. The highest BCUT2D eigenvalue weighted by molar-refractivity contribution is 5.12. The Labute approximate surface area is 66.4 Å². The molecule has 3 nitrogen and oxygen atoms in total. The van der Waals surface area contributed by atoms with Crippen LogP contribution in [0.3, 0.4) is 0 Å². The summed E-state index contributed by atoms with van der Waals surface area (Å²) in [6.07, 6.45) is 0.916. The minimum atomic E-state index is 0.460. The summed E-state index contributed by atoms with van der Waals surface area (Å²) in [5.41, 5.74) is 1.98. The van der Waals surface area contributed by atoms with Gasteiger partial charge in [0.05, 0.1) is 7.11 Å². The zero-order valence-corrected chi connectivity index (χ0v) is 7.09. The molecule has 0 aromatic carbocycles. The van der Waals surface area contributed by atoms with Crippen LogP contribution in [-0.2, 0) is 6.42 Å². The van der Waals surface area contributed by atoms with E-state index < -0.39 is 0 Å². The van der Waals surface area contributed by atoms with Crippen LogP contribution >= 0.6 is 0 Å². The van der Waals surface area contributed by atoms with Gasteiger partial charge in [0.1, 0.15) is 0 Å². The molecule has 0 fully saturated rings. The first-order chi connectivity index (χ1) is 5.26. The third kappa shape index (κ3) is 1.90. The molecule has 1 rings (SSSR count). The third-order valence-electron chi connectivity index (χ3n) is 1.43. The van der Waals surface area contributed by atoms with Gasteiger partial charge in [-0.25, -0.2) is 9.97 Å². The van der Waals surface area contributed by atoms with Gasteiger partial charge >= 0.3 is 6.01 Å². The molecule has 1 aromatic heterocycles. The molecular formula is C8H12N2O. The number of aromatic nitrogens is 2. The average molecular weight is 152 g/mol. The van der Waals surface area contributed by atoms with Crippen molar-refractivity contribution < 1.29 is 4.74 Å². The summed E-state index contributed by atoms with van der Waals surface area (Å²) in [5.74, 6) is 0. The first-order valence-corrected chi connectivity index (χ1v) is 3.64. The van der Waals surface area contributed by atoms with E-state index in [0.29, 0.717) is 6.01 Å². The van der Waals surface area contributed by atoms with Gasteiger partial charge in [-0.3, -0.25) is 0 Å². The van der Waals surface area contributed by atoms with Crippen LogP contribution in [0.5, 0.6) is 6.01 Å². The Bertz CT molecular complexity index is 226. The maximum Gasteiger partial charge on any atom is 0.316 e. The van der Waals surface area contributed by atoms with Gasteiger partial charge in [0, 0.05) is 11.4 Å². The monoisotopic (exact) mass is 152 g/mol. The van der Waals surface area contributed by atoms with E-state index in [-0.39, 0.29) is 0 Å². The summed E-state index contributed by atoms with van der Waals surface area (Å²) in [6, 6.07) is 2.42. The number of methoxy groups -OCH3 is 1. The molecule has 11 heavy (non-hydrogen) atoms. The number of hydrogen-bond acceptors (Lipinski definition) is 3. The van der Waals surface area contributed by atoms with E-state index in [4.69, 9.17) is 4.74 Å². The molecule has 0 saturated heterocycles. The van der Waals surface area contributed by atoms with Crippen molar-refractivity contribution in [2.45, 2.75) is 20.3 Å². The quantitative estimate of drug-likeness (QED) is 0.641. The second-order valence-electron chi connectivity index (χ2n) is 2.34. The predicted octanol–water partition coefficient (Wildman–Crippen LogP) is 1.36. The SMILES string of the molecule is CCc1cc(C)nc(OC)n1. The average Bonchev–Trinajstić information content (AvgIpc) is 2.03. The van der Waals surface area contributed by atoms with Crippen molar-refractivity contribution in [1.29, 1.82) is 0 Å². The van der Waals surface area contributed by atoms with E-state index in [1.54, 1.807) is 7.11 Å². The fourth-order valence-electron chi connectivity index (χ4n) is 0.877. The number of rotatable bonds is 2. The molecule has 0 aliphatic heterocycles. The Morgan fingerprint density at radius 1 is 1.45 bits per heavy atom. The van der Waals surface area contributed by atoms with Crippen LogP contribution in [0.2, 0.25) is 0 Å². The van der Waals surface area contributed by atoms with E-state index in [2.05, 4.69) is 16.9 Å². The highest BCUT2D eigenvalue weighted by Gasteiger charge is 1.98. The van der Waals surface area contributed by atoms with Crippen LogP contribution in [0.4, 0.5) is 0 Å². The normalized spacial score (nSPS) is 9.73. The highest BCUT2D eigenvalue weighted by Crippen LogP contribution is 2.06. The second kappa shape index (κ2) is 3.32. The van der Waals surface area contributed by atoms with Crippen molar-refractivity contribution in [3.63, 3.8) is 0 Å². The largest absolute Gasteiger partial charge is 0.467 e. The van der Waals surface area contributed by atoms with E-state index >= 15 is 0 Å². The number of aryl methyl sites for hydroxylation is 2. The molecule has 60 valence electrons. The van der Waals surface area contributed by atoms with Gasteiger partial charge in [0.25, 0.3) is 0 Å². The van der Waals surface area contributed by atoms with Gasteiger partial charge in [-0.15, -0.1) is 0 Å². The van der Waals surface area contributed by atoms with Gasteiger partial charge in [-0.2, -0.15) is 0 Å². The molecule has 0 aliphatic rings. The summed E-state index contributed by atoms with van der Waals surface area (Å²) in [4.78, 5) is 8.20. The van der Waals surface area contributed by atoms with Crippen LogP contribution in [0.25, 0.3) is 0 Å². The van der Waals surface area contributed by atoms with Crippen molar-refractivity contribution >= 4 is 0 Å². The molecule has 0 N–H and O–H groups in total. The first kappa shape index (κ1) is 7.98. The van der Waals surface area contributed by atoms with Crippen molar-refractivity contribution in [2.24, 2.45) is 0 Å². The summed E-state index contributed by atoms with van der Waals surface area (Å²) < 4.78 is 4.92. The standard InChI is InChI=1S/C8H12N2O/c1-4-7-5-6(2)9-8(10-7)11-3/h5H,4H2,1-3H3. The van der Waals surface area contributed by atoms with Crippen molar-refractivity contribution in [2.75, 3.05) is 7.11 Å². The van der Waals surface area contributed by atoms with Gasteiger partial charge in [-0.1, -0.05) is 6.92 Å². The predicted molar refractivity (Wildman–Crippen MR) is 42.7 cm³/mol. The fourth-order valence-corrected chi connectivity index (χ4v) is 0.877. The van der Waals surface area contributed by atoms with Gasteiger partial charge in [-0.05, 0) is 19.4 Å². The lowest BCUT2D eigenvalue weighted by Gasteiger charge is -2.01. The molecule has 0 amide bonds. The summed E-state index contributed by atoms with van der Waals surface area (Å²) in [7, 11) is 1.58. The van der Waals surface area contributed by atoms with E-state index in [0.717, 1.165) is 17.8 Å².